The Balaban J connectivity index is 1.66. The van der Waals surface area contributed by atoms with Gasteiger partial charge < -0.3 is 24.2 Å². The van der Waals surface area contributed by atoms with E-state index in [9.17, 15) is 15.2 Å². The number of aromatic hydroxyl groups is 1. The minimum atomic E-state index is -0.951. The summed E-state index contributed by atoms with van der Waals surface area (Å²) in [6.45, 7) is 15.6. The lowest BCUT2D eigenvalue weighted by Crippen LogP contribution is -2.45. The number of esters is 1. The molecule has 1 N–H and O–H groups in total. The van der Waals surface area contributed by atoms with Crippen LogP contribution in [0, 0.1) is 18.3 Å². The predicted molar refractivity (Wildman–Crippen MR) is 179 cm³/mol. The first-order chi connectivity index (χ1) is 21.9. The summed E-state index contributed by atoms with van der Waals surface area (Å²) in [5.41, 5.74) is 5.76. The molecule has 1 aliphatic rings. The number of carbonyl (C=O) groups is 1. The second kappa shape index (κ2) is 13.0. The molecule has 1 saturated heterocycles. The van der Waals surface area contributed by atoms with E-state index in [2.05, 4.69) is 24.5 Å². The highest BCUT2D eigenvalue weighted by molar-refractivity contribution is 5.88. The van der Waals surface area contributed by atoms with Gasteiger partial charge in [-0.1, -0.05) is 24.3 Å². The van der Waals surface area contributed by atoms with E-state index in [1.54, 1.807) is 18.2 Å². The van der Waals surface area contributed by atoms with Crippen molar-refractivity contribution < 1.29 is 24.1 Å². The fourth-order valence-electron chi connectivity index (χ4n) is 6.03. The number of phenols is 1. The molecule has 46 heavy (non-hydrogen) atoms. The number of ether oxygens (including phenoxy) is 3. The smallest absolute Gasteiger partial charge is 0.339 e. The summed E-state index contributed by atoms with van der Waals surface area (Å²) in [6.07, 6.45) is 4.32. The first kappa shape index (κ1) is 32.7. The van der Waals surface area contributed by atoms with Gasteiger partial charge in [0.1, 0.15) is 5.75 Å². The number of hydrogen-bond donors (Lipinski definition) is 1. The van der Waals surface area contributed by atoms with Crippen LogP contribution in [0.25, 0.3) is 27.9 Å². The van der Waals surface area contributed by atoms with E-state index in [1.807, 2.05) is 68.7 Å². The molecule has 2 aromatic heterocycles. The third-order valence-corrected chi connectivity index (χ3v) is 8.41. The molecule has 240 valence electrons. The number of aryl methyl sites for hydroxylation is 1. The summed E-state index contributed by atoms with van der Waals surface area (Å²) in [7, 11) is 1.38. The van der Waals surface area contributed by atoms with Gasteiger partial charge in [-0.05, 0) is 88.9 Å². The van der Waals surface area contributed by atoms with Crippen LogP contribution in [0.3, 0.4) is 0 Å². The number of nitrogens with zero attached hydrogens (tertiary/aromatic N) is 4. The van der Waals surface area contributed by atoms with Crippen molar-refractivity contribution in [3.05, 3.63) is 84.1 Å². The number of nitriles is 1. The van der Waals surface area contributed by atoms with Gasteiger partial charge in [-0.25, -0.2) is 9.31 Å². The van der Waals surface area contributed by atoms with Crippen LogP contribution in [0.4, 0.5) is 5.69 Å². The standard InChI is InChI=1S/C37H42N4O5/c1-8-18-45-37(6)14-16-40(17-15-37)33-30-21-29(27-11-9-10-26(20-27)28-19-25(22-38)12-13-31(28)42)39-41(30)23-24(2)32(33)34(35(43)44-7)46-36(3,4)5/h8-13,19-21,23,34,42H,1,14-18H2,2-7H3/t34-/m0/s1. The Hall–Kier alpha value is -4.65. The van der Waals surface area contributed by atoms with Gasteiger partial charge in [-0.2, -0.15) is 10.4 Å². The minimum absolute atomic E-state index is 0.0931. The molecule has 0 aliphatic carbocycles. The molecule has 9 heteroatoms. The van der Waals surface area contributed by atoms with Gasteiger partial charge in [0.15, 0.2) is 6.10 Å². The molecule has 3 heterocycles. The van der Waals surface area contributed by atoms with Crippen molar-refractivity contribution in [2.45, 2.75) is 64.8 Å². The van der Waals surface area contributed by atoms with Crippen LogP contribution < -0.4 is 4.90 Å². The highest BCUT2D eigenvalue weighted by atomic mass is 16.6. The van der Waals surface area contributed by atoms with Crippen molar-refractivity contribution in [1.29, 1.82) is 5.26 Å². The molecule has 0 bridgehead atoms. The van der Waals surface area contributed by atoms with Crippen molar-refractivity contribution in [2.75, 3.05) is 31.7 Å². The van der Waals surface area contributed by atoms with Gasteiger partial charge in [0.05, 0.1) is 53.4 Å². The average molecular weight is 623 g/mol. The Bertz CT molecular complexity index is 1800. The van der Waals surface area contributed by atoms with E-state index in [4.69, 9.17) is 19.3 Å². The Morgan fingerprint density at radius 3 is 2.54 bits per heavy atom. The highest BCUT2D eigenvalue weighted by Gasteiger charge is 2.37. The number of hydrogen-bond acceptors (Lipinski definition) is 8. The molecule has 9 nitrogen and oxygen atoms in total. The third-order valence-electron chi connectivity index (χ3n) is 8.41. The monoisotopic (exact) mass is 622 g/mol. The van der Waals surface area contributed by atoms with E-state index >= 15 is 0 Å². The first-order valence-electron chi connectivity index (χ1n) is 15.5. The molecular weight excluding hydrogens is 580 g/mol. The quantitative estimate of drug-likeness (QED) is 0.155. The number of piperidine rings is 1. The van der Waals surface area contributed by atoms with Crippen LogP contribution in [0.5, 0.6) is 5.75 Å². The minimum Gasteiger partial charge on any atom is -0.507 e. The predicted octanol–water partition coefficient (Wildman–Crippen LogP) is 7.14. The fourth-order valence-corrected chi connectivity index (χ4v) is 6.03. The van der Waals surface area contributed by atoms with E-state index in [0.29, 0.717) is 30.8 Å². The summed E-state index contributed by atoms with van der Waals surface area (Å²) in [4.78, 5) is 15.6. The molecule has 5 rings (SSSR count). The van der Waals surface area contributed by atoms with Crippen LogP contribution >= 0.6 is 0 Å². The van der Waals surface area contributed by atoms with E-state index in [-0.39, 0.29) is 11.4 Å². The SMILES string of the molecule is C=CCOC1(C)CCN(c2c([C@H](OC(C)(C)C)C(=O)OC)c(C)cn3nc(-c4cccc(-c5cc(C#N)ccc5O)c4)cc23)CC1. The lowest BCUT2D eigenvalue weighted by atomic mass is 9.91. The molecule has 1 fully saturated rings. The molecule has 2 aromatic carbocycles. The van der Waals surface area contributed by atoms with Gasteiger partial charge in [0.2, 0.25) is 0 Å². The number of methoxy groups -OCH3 is 1. The molecule has 1 atom stereocenters. The fraction of sp³-hybridized carbons (Fsp3) is 0.378. The number of phenolic OH excluding ortho intramolecular Hbond substituents is 1. The van der Waals surface area contributed by atoms with Crippen LogP contribution in [0.2, 0.25) is 0 Å². The molecule has 0 saturated carbocycles. The van der Waals surface area contributed by atoms with Gasteiger partial charge >= 0.3 is 5.97 Å². The van der Waals surface area contributed by atoms with Crippen molar-refractivity contribution in [3.8, 4) is 34.2 Å². The average Bonchev–Trinajstić information content (AvgIpc) is 3.46. The number of rotatable bonds is 9. The molecule has 0 unspecified atom stereocenters. The molecule has 4 aromatic rings. The number of aromatic nitrogens is 2. The third kappa shape index (κ3) is 6.79. The van der Waals surface area contributed by atoms with Crippen LogP contribution in [0.15, 0.2) is 67.4 Å². The Labute approximate surface area is 270 Å². The number of carbonyl (C=O) groups excluding carboxylic acids is 1. The van der Waals surface area contributed by atoms with Crippen LogP contribution in [-0.2, 0) is 19.0 Å². The summed E-state index contributed by atoms with van der Waals surface area (Å²) in [5, 5.41) is 25.0. The Morgan fingerprint density at radius 1 is 1.17 bits per heavy atom. The van der Waals surface area contributed by atoms with Gasteiger partial charge in [0.25, 0.3) is 0 Å². The van der Waals surface area contributed by atoms with Gasteiger partial charge in [0, 0.05) is 36.0 Å². The highest BCUT2D eigenvalue weighted by Crippen LogP contribution is 2.42. The van der Waals surface area contributed by atoms with Crippen molar-refractivity contribution >= 4 is 17.2 Å². The topological polar surface area (TPSA) is 109 Å². The number of anilines is 1. The molecule has 0 radical (unpaired) electrons. The molecule has 0 spiro atoms. The maximum absolute atomic E-state index is 13.3. The molecular formula is C37H42N4O5. The normalized spacial score (nSPS) is 15.4. The van der Waals surface area contributed by atoms with Crippen LogP contribution in [-0.4, -0.2) is 58.7 Å². The van der Waals surface area contributed by atoms with E-state index in [0.717, 1.165) is 52.0 Å². The van der Waals surface area contributed by atoms with Crippen molar-refractivity contribution in [2.24, 2.45) is 0 Å². The van der Waals surface area contributed by atoms with Crippen molar-refractivity contribution in [3.63, 3.8) is 0 Å². The number of pyridine rings is 1. The van der Waals surface area contributed by atoms with Crippen molar-refractivity contribution in [1.82, 2.24) is 9.61 Å². The summed E-state index contributed by atoms with van der Waals surface area (Å²) >= 11 is 0. The molecule has 0 amide bonds. The first-order valence-corrected chi connectivity index (χ1v) is 15.5. The second-order valence-corrected chi connectivity index (χ2v) is 13.0. The zero-order valence-electron chi connectivity index (χ0n) is 27.5. The lowest BCUT2D eigenvalue weighted by molar-refractivity contribution is -0.164. The maximum Gasteiger partial charge on any atom is 0.339 e. The zero-order chi connectivity index (χ0) is 33.2. The Morgan fingerprint density at radius 2 is 1.89 bits per heavy atom. The van der Waals surface area contributed by atoms with Crippen LogP contribution in [0.1, 0.15) is 63.3 Å². The zero-order valence-corrected chi connectivity index (χ0v) is 27.5. The second-order valence-electron chi connectivity index (χ2n) is 13.0. The lowest BCUT2D eigenvalue weighted by Gasteiger charge is -2.41. The van der Waals surface area contributed by atoms with E-state index in [1.165, 1.54) is 13.2 Å². The Kier molecular flexibility index (Phi) is 9.24. The molecule has 1 aliphatic heterocycles. The van der Waals surface area contributed by atoms with E-state index < -0.39 is 17.7 Å². The largest absolute Gasteiger partial charge is 0.507 e. The van der Waals surface area contributed by atoms with Gasteiger partial charge in [-0.15, -0.1) is 6.58 Å². The number of benzene rings is 2. The van der Waals surface area contributed by atoms with Gasteiger partial charge in [-0.3, -0.25) is 0 Å². The summed E-state index contributed by atoms with van der Waals surface area (Å²) < 4.78 is 19.7. The maximum atomic E-state index is 13.3. The summed E-state index contributed by atoms with van der Waals surface area (Å²) in [5.74, 6) is -0.373. The number of fused-ring (bicyclic) bond motifs is 1. The summed E-state index contributed by atoms with van der Waals surface area (Å²) in [6, 6.07) is 16.7.